The number of furan rings is 1. The maximum atomic E-state index is 6.67. The number of benzene rings is 7. The van der Waals surface area contributed by atoms with Gasteiger partial charge in [-0.15, -0.1) is 11.3 Å². The highest BCUT2D eigenvalue weighted by atomic mass is 32.1. The Bertz CT molecular complexity index is 2840. The first-order valence-electron chi connectivity index (χ1n) is 15.9. The van der Waals surface area contributed by atoms with Crippen molar-refractivity contribution < 1.29 is 4.42 Å². The molecule has 0 amide bonds. The normalized spacial score (nSPS) is 11.8. The summed E-state index contributed by atoms with van der Waals surface area (Å²) in [6.07, 6.45) is 0. The second-order valence-corrected chi connectivity index (χ2v) is 13.0. The Kier molecular flexibility index (Phi) is 6.01. The molecule has 4 nitrogen and oxygen atoms in total. The molecule has 0 unspecified atom stereocenters. The summed E-state index contributed by atoms with van der Waals surface area (Å²) in [6.45, 7) is 0. The molecule has 0 saturated carbocycles. The maximum Gasteiger partial charge on any atom is 0.164 e. The van der Waals surface area contributed by atoms with Crippen LogP contribution in [-0.4, -0.2) is 15.0 Å². The third kappa shape index (κ3) is 4.18. The minimum Gasteiger partial charge on any atom is -0.455 e. The van der Waals surface area contributed by atoms with Crippen molar-refractivity contribution in [1.82, 2.24) is 15.0 Å². The Morgan fingerprint density at radius 2 is 1.00 bits per heavy atom. The maximum absolute atomic E-state index is 6.67. The van der Waals surface area contributed by atoms with Gasteiger partial charge in [0, 0.05) is 53.0 Å². The van der Waals surface area contributed by atoms with Gasteiger partial charge in [-0.25, -0.2) is 15.0 Å². The van der Waals surface area contributed by atoms with Gasteiger partial charge < -0.3 is 4.42 Å². The van der Waals surface area contributed by atoms with Crippen molar-refractivity contribution in [1.29, 1.82) is 0 Å². The molecule has 7 aromatic carbocycles. The summed E-state index contributed by atoms with van der Waals surface area (Å²) in [7, 11) is 0. The van der Waals surface area contributed by atoms with E-state index in [-0.39, 0.29) is 0 Å². The third-order valence-corrected chi connectivity index (χ3v) is 10.3. The van der Waals surface area contributed by atoms with Crippen LogP contribution in [0.3, 0.4) is 0 Å². The number of hydrogen-bond donors (Lipinski definition) is 0. The molecule has 0 atom stereocenters. The lowest BCUT2D eigenvalue weighted by molar-refractivity contribution is 0.672. The topological polar surface area (TPSA) is 51.8 Å². The van der Waals surface area contributed by atoms with Crippen LogP contribution < -0.4 is 0 Å². The van der Waals surface area contributed by atoms with Crippen molar-refractivity contribution >= 4 is 64.2 Å². The Hall–Kier alpha value is -6.17. The molecule has 0 spiro atoms. The van der Waals surface area contributed by atoms with Crippen molar-refractivity contribution in [3.8, 4) is 45.3 Å². The molecule has 0 aliphatic rings. The van der Waals surface area contributed by atoms with Gasteiger partial charge in [0.15, 0.2) is 17.5 Å². The highest BCUT2D eigenvalue weighted by Crippen LogP contribution is 2.44. The molecule has 0 aliphatic carbocycles. The van der Waals surface area contributed by atoms with Crippen LogP contribution in [0.2, 0.25) is 0 Å². The Balaban J connectivity index is 1.34. The smallest absolute Gasteiger partial charge is 0.164 e. The van der Waals surface area contributed by atoms with E-state index in [9.17, 15) is 0 Å². The Morgan fingerprint density at radius 1 is 0.396 bits per heavy atom. The number of hydrogen-bond acceptors (Lipinski definition) is 5. The number of para-hydroxylation sites is 1. The van der Waals surface area contributed by atoms with E-state index >= 15 is 0 Å². The highest BCUT2D eigenvalue weighted by Gasteiger charge is 2.22. The third-order valence-electron chi connectivity index (χ3n) is 9.14. The second kappa shape index (κ2) is 10.7. The van der Waals surface area contributed by atoms with E-state index in [1.807, 2.05) is 36.4 Å². The average molecular weight is 632 g/mol. The fourth-order valence-electron chi connectivity index (χ4n) is 6.98. The highest BCUT2D eigenvalue weighted by molar-refractivity contribution is 7.25. The SMILES string of the molecule is c1ccc(-c2nc(-c3cccc4sc5ccccc5c34)nc(-c3cc4c(-c5ccccc5)cccc4c4oc5ccccc5c34)n2)cc1. The summed E-state index contributed by atoms with van der Waals surface area (Å²) in [5, 5.41) is 6.54. The molecule has 3 aromatic heterocycles. The van der Waals surface area contributed by atoms with Crippen LogP contribution in [0.25, 0.3) is 98.2 Å². The molecular formula is C43H25N3OS. The summed E-state index contributed by atoms with van der Waals surface area (Å²) in [6, 6.07) is 52.5. The fraction of sp³-hybridized carbons (Fsp3) is 0. The van der Waals surface area contributed by atoms with Gasteiger partial charge in [0.2, 0.25) is 0 Å². The fourth-order valence-corrected chi connectivity index (χ4v) is 8.11. The van der Waals surface area contributed by atoms with Gasteiger partial charge in [-0.3, -0.25) is 0 Å². The number of nitrogens with zero attached hydrogens (tertiary/aromatic N) is 3. The molecular weight excluding hydrogens is 607 g/mol. The second-order valence-electron chi connectivity index (χ2n) is 11.9. The molecule has 3 heterocycles. The standard InChI is InChI=1S/C43H25N3OS/c1-3-13-26(14-4-1)28-19-11-20-29-33(28)25-34(39-30-17-7-9-22-35(30)47-40(29)39)43-45-41(27-15-5-2-6-16-27)44-42(46-43)32-21-12-24-37-38(32)31-18-8-10-23-36(31)48-37/h1-25H. The van der Waals surface area contributed by atoms with E-state index in [1.165, 1.54) is 14.8 Å². The Morgan fingerprint density at radius 3 is 1.83 bits per heavy atom. The monoisotopic (exact) mass is 631 g/mol. The number of fused-ring (bicyclic) bond motifs is 8. The molecule has 5 heteroatoms. The Labute approximate surface area is 279 Å². The van der Waals surface area contributed by atoms with E-state index in [4.69, 9.17) is 19.4 Å². The summed E-state index contributed by atoms with van der Waals surface area (Å²) in [4.78, 5) is 15.7. The zero-order chi connectivity index (χ0) is 31.6. The summed E-state index contributed by atoms with van der Waals surface area (Å²) < 4.78 is 9.12. The minimum atomic E-state index is 0.608. The number of rotatable bonds is 4. The first kappa shape index (κ1) is 27.0. The van der Waals surface area contributed by atoms with Gasteiger partial charge in [-0.05, 0) is 40.8 Å². The van der Waals surface area contributed by atoms with E-state index < -0.39 is 0 Å². The van der Waals surface area contributed by atoms with Crippen LogP contribution in [-0.2, 0) is 0 Å². The molecule has 10 aromatic rings. The van der Waals surface area contributed by atoms with Crippen LogP contribution >= 0.6 is 11.3 Å². The molecule has 0 fully saturated rings. The van der Waals surface area contributed by atoms with Gasteiger partial charge in [-0.2, -0.15) is 0 Å². The van der Waals surface area contributed by atoms with E-state index in [1.54, 1.807) is 11.3 Å². The van der Waals surface area contributed by atoms with Crippen LogP contribution in [0.4, 0.5) is 0 Å². The van der Waals surface area contributed by atoms with E-state index in [0.29, 0.717) is 17.5 Å². The largest absolute Gasteiger partial charge is 0.455 e. The first-order chi connectivity index (χ1) is 23.8. The van der Waals surface area contributed by atoms with E-state index in [0.717, 1.165) is 65.9 Å². The van der Waals surface area contributed by atoms with E-state index in [2.05, 4.69) is 115 Å². The first-order valence-corrected chi connectivity index (χ1v) is 16.8. The minimum absolute atomic E-state index is 0.608. The van der Waals surface area contributed by atoms with Crippen molar-refractivity contribution in [2.75, 3.05) is 0 Å². The van der Waals surface area contributed by atoms with Gasteiger partial charge in [0.05, 0.1) is 0 Å². The number of aromatic nitrogens is 3. The molecule has 0 saturated heterocycles. The molecule has 48 heavy (non-hydrogen) atoms. The summed E-state index contributed by atoms with van der Waals surface area (Å²) in [5.41, 5.74) is 6.77. The average Bonchev–Trinajstić information content (AvgIpc) is 3.74. The molecule has 0 aliphatic heterocycles. The molecule has 10 rings (SSSR count). The van der Waals surface area contributed by atoms with Crippen LogP contribution in [0.5, 0.6) is 0 Å². The lowest BCUT2D eigenvalue weighted by Crippen LogP contribution is -2.01. The van der Waals surface area contributed by atoms with Gasteiger partial charge >= 0.3 is 0 Å². The predicted octanol–water partition coefficient (Wildman–Crippen LogP) is 12.0. The van der Waals surface area contributed by atoms with Crippen LogP contribution in [0, 0.1) is 0 Å². The van der Waals surface area contributed by atoms with Crippen LogP contribution in [0.1, 0.15) is 0 Å². The van der Waals surface area contributed by atoms with Crippen molar-refractivity contribution in [2.24, 2.45) is 0 Å². The lowest BCUT2D eigenvalue weighted by Gasteiger charge is -2.13. The molecule has 0 N–H and O–H groups in total. The lowest BCUT2D eigenvalue weighted by atomic mass is 9.93. The van der Waals surface area contributed by atoms with Gasteiger partial charge in [0.1, 0.15) is 11.2 Å². The molecule has 0 bridgehead atoms. The van der Waals surface area contributed by atoms with Crippen molar-refractivity contribution in [3.05, 3.63) is 152 Å². The van der Waals surface area contributed by atoms with Crippen molar-refractivity contribution in [2.45, 2.75) is 0 Å². The summed E-state index contributed by atoms with van der Waals surface area (Å²) in [5.74, 6) is 1.88. The quantitative estimate of drug-likeness (QED) is 0.194. The van der Waals surface area contributed by atoms with Crippen LogP contribution in [0.15, 0.2) is 156 Å². The zero-order valence-electron chi connectivity index (χ0n) is 25.6. The zero-order valence-corrected chi connectivity index (χ0v) is 26.4. The molecule has 224 valence electrons. The molecule has 0 radical (unpaired) electrons. The van der Waals surface area contributed by atoms with Crippen molar-refractivity contribution in [3.63, 3.8) is 0 Å². The van der Waals surface area contributed by atoms with Gasteiger partial charge in [-0.1, -0.05) is 127 Å². The van der Waals surface area contributed by atoms with Gasteiger partial charge in [0.25, 0.3) is 0 Å². The predicted molar refractivity (Wildman–Crippen MR) is 199 cm³/mol. The number of thiophene rings is 1. The summed E-state index contributed by atoms with van der Waals surface area (Å²) >= 11 is 1.79.